The molecule has 162 valence electrons. The monoisotopic (exact) mass is 535 g/mol. The molecule has 3 heterocycles. The largest absolute Gasteiger partial charge is 0.355 e. The molecule has 8 nitrogen and oxygen atoms in total. The fourth-order valence-electron chi connectivity index (χ4n) is 2.46. The van der Waals surface area contributed by atoms with Crippen molar-refractivity contribution in [3.05, 3.63) is 64.1 Å². The van der Waals surface area contributed by atoms with Crippen LogP contribution in [-0.2, 0) is 20.0 Å². The number of sulfonamides is 2. The summed E-state index contributed by atoms with van der Waals surface area (Å²) in [6.45, 7) is 0. The molecule has 0 atom stereocenters. The third kappa shape index (κ3) is 4.73. The van der Waals surface area contributed by atoms with Gasteiger partial charge in [0.05, 0.1) is 32.5 Å². The SMILES string of the molecule is O=S(=O)(Nc1cc(Cl)c(Cl)cc1NS(=O)(=O)c1ccc(-c2ccno2)s1)c1cccs1. The first kappa shape index (κ1) is 22.1. The molecule has 1 aromatic carbocycles. The van der Waals surface area contributed by atoms with E-state index in [0.717, 1.165) is 22.7 Å². The average molecular weight is 536 g/mol. The molecular weight excluding hydrogens is 525 g/mol. The van der Waals surface area contributed by atoms with E-state index >= 15 is 0 Å². The number of benzene rings is 1. The van der Waals surface area contributed by atoms with Crippen molar-refractivity contribution in [1.82, 2.24) is 5.16 Å². The highest BCUT2D eigenvalue weighted by Crippen LogP contribution is 2.37. The number of hydrogen-bond donors (Lipinski definition) is 2. The second kappa shape index (κ2) is 8.45. The molecule has 0 fully saturated rings. The maximum Gasteiger partial charge on any atom is 0.271 e. The zero-order chi connectivity index (χ0) is 22.2. The molecule has 2 N–H and O–H groups in total. The Balaban J connectivity index is 1.68. The van der Waals surface area contributed by atoms with Crippen LogP contribution >= 0.6 is 45.9 Å². The van der Waals surface area contributed by atoms with Gasteiger partial charge in [0.25, 0.3) is 20.0 Å². The van der Waals surface area contributed by atoms with Crippen LogP contribution in [0, 0.1) is 0 Å². The molecule has 0 bridgehead atoms. The number of aromatic nitrogens is 1. The van der Waals surface area contributed by atoms with Crippen LogP contribution in [0.25, 0.3) is 10.6 Å². The normalized spacial score (nSPS) is 12.1. The molecule has 4 aromatic rings. The molecule has 0 aliphatic carbocycles. The van der Waals surface area contributed by atoms with E-state index in [4.69, 9.17) is 27.7 Å². The van der Waals surface area contributed by atoms with Crippen LogP contribution < -0.4 is 9.44 Å². The van der Waals surface area contributed by atoms with Crippen LogP contribution in [0.4, 0.5) is 11.4 Å². The Morgan fingerprint density at radius 3 is 2.06 bits per heavy atom. The van der Waals surface area contributed by atoms with E-state index in [1.54, 1.807) is 23.6 Å². The fraction of sp³-hybridized carbons (Fsp3) is 0. The zero-order valence-corrected chi connectivity index (χ0v) is 19.9. The van der Waals surface area contributed by atoms with Gasteiger partial charge in [-0.05, 0) is 35.7 Å². The van der Waals surface area contributed by atoms with Crippen molar-refractivity contribution in [3.8, 4) is 10.6 Å². The first-order valence-corrected chi connectivity index (χ1v) is 13.7. The van der Waals surface area contributed by atoms with E-state index in [0.29, 0.717) is 10.6 Å². The summed E-state index contributed by atoms with van der Waals surface area (Å²) in [5.41, 5.74) is -0.150. The van der Waals surface area contributed by atoms with Crippen LogP contribution in [0.1, 0.15) is 0 Å². The van der Waals surface area contributed by atoms with Crippen molar-refractivity contribution < 1.29 is 21.4 Å². The predicted octanol–water partition coefficient (Wildman–Crippen LogP) is 5.37. The molecule has 0 radical (unpaired) electrons. The Hall–Kier alpha value is -2.09. The van der Waals surface area contributed by atoms with Crippen molar-refractivity contribution in [2.45, 2.75) is 8.42 Å². The topological polar surface area (TPSA) is 118 Å². The quantitative estimate of drug-likeness (QED) is 0.328. The number of anilines is 2. The fourth-order valence-corrected chi connectivity index (χ4v) is 7.19. The number of nitrogens with zero attached hydrogens (tertiary/aromatic N) is 1. The summed E-state index contributed by atoms with van der Waals surface area (Å²) in [5, 5.41) is 5.31. The molecule has 14 heteroatoms. The van der Waals surface area contributed by atoms with Gasteiger partial charge in [-0.2, -0.15) is 0 Å². The highest BCUT2D eigenvalue weighted by Gasteiger charge is 2.23. The summed E-state index contributed by atoms with van der Waals surface area (Å²) in [4.78, 5) is 0.561. The first-order valence-electron chi connectivity index (χ1n) is 8.25. The van der Waals surface area contributed by atoms with E-state index in [9.17, 15) is 16.8 Å². The average Bonchev–Trinajstić information content (AvgIpc) is 3.47. The number of halogens is 2. The summed E-state index contributed by atoms with van der Waals surface area (Å²) in [6, 6.07) is 10.1. The summed E-state index contributed by atoms with van der Waals surface area (Å²) >= 11 is 14.1. The lowest BCUT2D eigenvalue weighted by Gasteiger charge is -2.15. The molecule has 0 aliphatic heterocycles. The van der Waals surface area contributed by atoms with Crippen LogP contribution in [0.15, 0.2) is 67.0 Å². The molecule has 4 rings (SSSR count). The number of nitrogens with one attached hydrogen (secondary N) is 2. The van der Waals surface area contributed by atoms with Gasteiger partial charge in [0.15, 0.2) is 5.76 Å². The van der Waals surface area contributed by atoms with Gasteiger partial charge in [0, 0.05) is 6.07 Å². The Labute approximate surface area is 195 Å². The molecule has 0 spiro atoms. The summed E-state index contributed by atoms with van der Waals surface area (Å²) in [5.74, 6) is 0.422. The Morgan fingerprint density at radius 1 is 0.871 bits per heavy atom. The lowest BCUT2D eigenvalue weighted by molar-refractivity contribution is 0.433. The highest BCUT2D eigenvalue weighted by atomic mass is 35.5. The van der Waals surface area contributed by atoms with Gasteiger partial charge in [-0.3, -0.25) is 9.44 Å². The lowest BCUT2D eigenvalue weighted by Crippen LogP contribution is -2.16. The van der Waals surface area contributed by atoms with Gasteiger partial charge in [0.1, 0.15) is 8.42 Å². The van der Waals surface area contributed by atoms with E-state index in [1.807, 2.05) is 0 Å². The minimum atomic E-state index is -4.07. The smallest absolute Gasteiger partial charge is 0.271 e. The summed E-state index contributed by atoms with van der Waals surface area (Å²) in [6.07, 6.45) is 1.45. The molecule has 0 saturated heterocycles. The molecule has 0 aliphatic rings. The standard InChI is InChI=1S/C17H11Cl2N3O5S4/c18-10-8-12(21-30(23,24)16-2-1-7-28-16)13(9-11(10)19)22-31(25,26)17-4-3-15(29-17)14-5-6-20-27-14/h1-9,21-22H. The van der Waals surface area contributed by atoms with E-state index in [2.05, 4.69) is 14.6 Å². The second-order valence-electron chi connectivity index (χ2n) is 5.95. The van der Waals surface area contributed by atoms with E-state index < -0.39 is 20.0 Å². The van der Waals surface area contributed by atoms with Crippen LogP contribution in [0.5, 0.6) is 0 Å². The molecule has 0 unspecified atom stereocenters. The Kier molecular flexibility index (Phi) is 6.03. The van der Waals surface area contributed by atoms with Crippen molar-refractivity contribution >= 4 is 77.3 Å². The van der Waals surface area contributed by atoms with Crippen molar-refractivity contribution in [1.29, 1.82) is 0 Å². The summed E-state index contributed by atoms with van der Waals surface area (Å²) < 4.78 is 60.9. The summed E-state index contributed by atoms with van der Waals surface area (Å²) in [7, 11) is -8.03. The van der Waals surface area contributed by atoms with Crippen molar-refractivity contribution in [3.63, 3.8) is 0 Å². The van der Waals surface area contributed by atoms with E-state index in [-0.39, 0.29) is 29.8 Å². The molecule has 31 heavy (non-hydrogen) atoms. The van der Waals surface area contributed by atoms with Crippen molar-refractivity contribution in [2.75, 3.05) is 9.44 Å². The third-order valence-corrected chi connectivity index (χ3v) is 10.3. The van der Waals surface area contributed by atoms with Gasteiger partial charge in [0.2, 0.25) is 0 Å². The molecule has 0 saturated carbocycles. The van der Waals surface area contributed by atoms with Crippen LogP contribution in [0.3, 0.4) is 0 Å². The minimum absolute atomic E-state index is 0.0166. The van der Waals surface area contributed by atoms with Crippen LogP contribution in [0.2, 0.25) is 10.0 Å². The molecule has 3 aromatic heterocycles. The Morgan fingerprint density at radius 2 is 1.52 bits per heavy atom. The van der Waals surface area contributed by atoms with Gasteiger partial charge in [-0.15, -0.1) is 22.7 Å². The molecular formula is C17H11Cl2N3O5S4. The first-order chi connectivity index (χ1) is 14.7. The van der Waals surface area contributed by atoms with Gasteiger partial charge in [-0.1, -0.05) is 34.4 Å². The van der Waals surface area contributed by atoms with Crippen molar-refractivity contribution in [2.24, 2.45) is 0 Å². The van der Waals surface area contributed by atoms with E-state index in [1.165, 1.54) is 30.5 Å². The zero-order valence-electron chi connectivity index (χ0n) is 15.1. The third-order valence-electron chi connectivity index (χ3n) is 3.84. The Bertz CT molecular complexity index is 1430. The maximum absolute atomic E-state index is 12.9. The van der Waals surface area contributed by atoms with Gasteiger partial charge >= 0.3 is 0 Å². The maximum atomic E-state index is 12.9. The highest BCUT2D eigenvalue weighted by molar-refractivity contribution is 7.95. The minimum Gasteiger partial charge on any atom is -0.355 e. The number of thiophene rings is 2. The second-order valence-corrected chi connectivity index (χ2v) is 12.6. The van der Waals surface area contributed by atoms with Gasteiger partial charge < -0.3 is 4.52 Å². The number of rotatable bonds is 7. The van der Waals surface area contributed by atoms with Crippen LogP contribution in [-0.4, -0.2) is 22.0 Å². The van der Waals surface area contributed by atoms with Gasteiger partial charge in [-0.25, -0.2) is 16.8 Å². The molecule has 0 amide bonds. The number of hydrogen-bond acceptors (Lipinski definition) is 8. The lowest BCUT2D eigenvalue weighted by atomic mass is 10.3. The predicted molar refractivity (Wildman–Crippen MR) is 122 cm³/mol.